The van der Waals surface area contributed by atoms with Crippen LogP contribution < -0.4 is 10.6 Å². The van der Waals surface area contributed by atoms with Crippen molar-refractivity contribution in [2.24, 2.45) is 0 Å². The molecule has 5 heteroatoms. The van der Waals surface area contributed by atoms with Crippen molar-refractivity contribution in [1.29, 1.82) is 0 Å². The monoisotopic (exact) mass is 330 g/mol. The van der Waals surface area contributed by atoms with E-state index in [2.05, 4.69) is 10.6 Å². The summed E-state index contributed by atoms with van der Waals surface area (Å²) in [6.07, 6.45) is 1.02. The van der Waals surface area contributed by atoms with Crippen molar-refractivity contribution in [3.8, 4) is 0 Å². The van der Waals surface area contributed by atoms with Gasteiger partial charge in [0.25, 0.3) is 0 Å². The average molecular weight is 331 g/mol. The molecule has 2 aromatic rings. The Balaban J connectivity index is 1.74. The Morgan fingerprint density at radius 2 is 1.78 bits per heavy atom. The molecule has 0 radical (unpaired) electrons. The first-order chi connectivity index (χ1) is 11.0. The molecule has 2 N–H and O–H groups in total. The molecule has 2 amide bonds. The van der Waals surface area contributed by atoms with E-state index in [1.165, 1.54) is 0 Å². The van der Waals surface area contributed by atoms with Crippen LogP contribution in [0.2, 0.25) is 5.02 Å². The Bertz CT molecular complexity index is 687. The molecule has 0 fully saturated rings. The second-order valence-corrected chi connectivity index (χ2v) is 5.71. The van der Waals surface area contributed by atoms with Crippen LogP contribution in [0.3, 0.4) is 0 Å². The third kappa shape index (κ3) is 5.75. The van der Waals surface area contributed by atoms with Gasteiger partial charge in [0.05, 0.1) is 6.54 Å². The van der Waals surface area contributed by atoms with E-state index in [1.54, 1.807) is 18.2 Å². The van der Waals surface area contributed by atoms with Gasteiger partial charge < -0.3 is 10.6 Å². The number of hydrogen-bond donors (Lipinski definition) is 2. The summed E-state index contributed by atoms with van der Waals surface area (Å²) in [5.41, 5.74) is 2.67. The molecule has 0 saturated carbocycles. The predicted octanol–water partition coefficient (Wildman–Crippen LogP) is 3.34. The van der Waals surface area contributed by atoms with Gasteiger partial charge in [0.15, 0.2) is 0 Å². The number of benzene rings is 2. The van der Waals surface area contributed by atoms with Gasteiger partial charge in [0.1, 0.15) is 0 Å². The summed E-state index contributed by atoms with van der Waals surface area (Å²) in [4.78, 5) is 23.6. The van der Waals surface area contributed by atoms with E-state index in [9.17, 15) is 9.59 Å². The lowest BCUT2D eigenvalue weighted by Crippen LogP contribution is -2.33. The van der Waals surface area contributed by atoms with Crippen molar-refractivity contribution in [1.82, 2.24) is 5.32 Å². The van der Waals surface area contributed by atoms with E-state index >= 15 is 0 Å². The van der Waals surface area contributed by atoms with Crippen LogP contribution in [-0.2, 0) is 16.0 Å². The lowest BCUT2D eigenvalue weighted by molar-refractivity contribution is -0.124. The zero-order valence-corrected chi connectivity index (χ0v) is 13.7. The number of amides is 2. The average Bonchev–Trinajstić information content (AvgIpc) is 2.54. The standard InChI is InChI=1S/C18H19ClN2O2/c1-13-11-15(19)8-9-16(13)21-18(23)12-20-17(22)10-7-14-5-3-2-4-6-14/h2-6,8-9,11H,7,10,12H2,1H3,(H,20,22)(H,21,23). The zero-order chi connectivity index (χ0) is 16.7. The molecular formula is C18H19ClN2O2. The Kier molecular flexibility index (Phi) is 6.18. The minimum absolute atomic E-state index is 0.0459. The number of carbonyl (C=O) groups excluding carboxylic acids is 2. The molecule has 23 heavy (non-hydrogen) atoms. The minimum Gasteiger partial charge on any atom is -0.347 e. The Morgan fingerprint density at radius 3 is 2.48 bits per heavy atom. The highest BCUT2D eigenvalue weighted by molar-refractivity contribution is 6.30. The maximum absolute atomic E-state index is 11.9. The lowest BCUT2D eigenvalue weighted by Gasteiger charge is -2.09. The minimum atomic E-state index is -0.261. The van der Waals surface area contributed by atoms with Crippen LogP contribution in [0.15, 0.2) is 48.5 Å². The highest BCUT2D eigenvalue weighted by Gasteiger charge is 2.08. The fraction of sp³-hybridized carbons (Fsp3) is 0.222. The number of nitrogens with one attached hydrogen (secondary N) is 2. The summed E-state index contributed by atoms with van der Waals surface area (Å²) in [6.45, 7) is 1.82. The van der Waals surface area contributed by atoms with Crippen molar-refractivity contribution in [3.05, 3.63) is 64.7 Å². The third-order valence-corrected chi connectivity index (χ3v) is 3.63. The van der Waals surface area contributed by atoms with Gasteiger partial charge in [-0.15, -0.1) is 0 Å². The summed E-state index contributed by atoms with van der Waals surface area (Å²) in [6, 6.07) is 15.0. The molecule has 0 spiro atoms. The van der Waals surface area contributed by atoms with E-state index in [0.29, 0.717) is 23.6 Å². The molecule has 120 valence electrons. The molecule has 0 aliphatic rings. The number of carbonyl (C=O) groups is 2. The van der Waals surface area contributed by atoms with Crippen LogP contribution in [-0.4, -0.2) is 18.4 Å². The largest absolute Gasteiger partial charge is 0.347 e. The first-order valence-corrected chi connectivity index (χ1v) is 7.79. The van der Waals surface area contributed by atoms with Crippen LogP contribution in [0.1, 0.15) is 17.5 Å². The topological polar surface area (TPSA) is 58.2 Å². The smallest absolute Gasteiger partial charge is 0.243 e. The van der Waals surface area contributed by atoms with Crippen molar-refractivity contribution in [2.75, 3.05) is 11.9 Å². The van der Waals surface area contributed by atoms with Crippen molar-refractivity contribution in [3.63, 3.8) is 0 Å². The SMILES string of the molecule is Cc1cc(Cl)ccc1NC(=O)CNC(=O)CCc1ccccc1. The van der Waals surface area contributed by atoms with Crippen molar-refractivity contribution < 1.29 is 9.59 Å². The van der Waals surface area contributed by atoms with E-state index in [1.807, 2.05) is 37.3 Å². The summed E-state index contributed by atoms with van der Waals surface area (Å²) < 4.78 is 0. The van der Waals surface area contributed by atoms with E-state index in [4.69, 9.17) is 11.6 Å². The third-order valence-electron chi connectivity index (χ3n) is 3.39. The second-order valence-electron chi connectivity index (χ2n) is 5.27. The number of anilines is 1. The molecule has 0 saturated heterocycles. The van der Waals surface area contributed by atoms with Crippen LogP contribution >= 0.6 is 11.6 Å². The van der Waals surface area contributed by atoms with Gasteiger partial charge in [0, 0.05) is 17.1 Å². The predicted molar refractivity (Wildman–Crippen MR) is 92.6 cm³/mol. The number of aryl methyl sites for hydroxylation is 2. The van der Waals surface area contributed by atoms with Gasteiger partial charge in [-0.05, 0) is 42.7 Å². The maximum atomic E-state index is 11.9. The van der Waals surface area contributed by atoms with Gasteiger partial charge >= 0.3 is 0 Å². The molecule has 0 heterocycles. The molecule has 0 aliphatic carbocycles. The molecule has 0 aliphatic heterocycles. The van der Waals surface area contributed by atoms with Gasteiger partial charge in [-0.2, -0.15) is 0 Å². The highest BCUT2D eigenvalue weighted by Crippen LogP contribution is 2.19. The molecule has 0 unspecified atom stereocenters. The Hall–Kier alpha value is -2.33. The van der Waals surface area contributed by atoms with Crippen LogP contribution in [0.4, 0.5) is 5.69 Å². The Morgan fingerprint density at radius 1 is 1.04 bits per heavy atom. The molecule has 2 aromatic carbocycles. The van der Waals surface area contributed by atoms with Crippen LogP contribution in [0, 0.1) is 6.92 Å². The molecule has 4 nitrogen and oxygen atoms in total. The normalized spacial score (nSPS) is 10.2. The summed E-state index contributed by atoms with van der Waals surface area (Å²) in [5, 5.41) is 6.00. The fourth-order valence-electron chi connectivity index (χ4n) is 2.13. The zero-order valence-electron chi connectivity index (χ0n) is 12.9. The summed E-state index contributed by atoms with van der Waals surface area (Å²) in [5.74, 6) is -0.402. The second kappa shape index (κ2) is 8.34. The van der Waals surface area contributed by atoms with Gasteiger partial charge in [-0.1, -0.05) is 41.9 Å². The van der Waals surface area contributed by atoms with E-state index in [-0.39, 0.29) is 18.4 Å². The molecule has 2 rings (SSSR count). The van der Waals surface area contributed by atoms with Crippen molar-refractivity contribution >= 4 is 29.1 Å². The Labute approximate surface area is 140 Å². The number of rotatable bonds is 6. The van der Waals surface area contributed by atoms with Crippen LogP contribution in [0.5, 0.6) is 0 Å². The molecule has 0 bridgehead atoms. The van der Waals surface area contributed by atoms with Crippen LogP contribution in [0.25, 0.3) is 0 Å². The van der Waals surface area contributed by atoms with Gasteiger partial charge in [0.2, 0.25) is 11.8 Å². The van der Waals surface area contributed by atoms with Crippen molar-refractivity contribution in [2.45, 2.75) is 19.8 Å². The number of halogens is 1. The van der Waals surface area contributed by atoms with E-state index in [0.717, 1.165) is 11.1 Å². The van der Waals surface area contributed by atoms with E-state index < -0.39 is 0 Å². The summed E-state index contributed by atoms with van der Waals surface area (Å²) in [7, 11) is 0. The maximum Gasteiger partial charge on any atom is 0.243 e. The van der Waals surface area contributed by atoms with Gasteiger partial charge in [-0.3, -0.25) is 9.59 Å². The molecule has 0 atom stereocenters. The molecular weight excluding hydrogens is 312 g/mol. The fourth-order valence-corrected chi connectivity index (χ4v) is 2.36. The quantitative estimate of drug-likeness (QED) is 0.853. The highest BCUT2D eigenvalue weighted by atomic mass is 35.5. The first kappa shape index (κ1) is 17.0. The first-order valence-electron chi connectivity index (χ1n) is 7.41. The van der Waals surface area contributed by atoms with Gasteiger partial charge in [-0.25, -0.2) is 0 Å². The molecule has 0 aromatic heterocycles. The number of hydrogen-bond acceptors (Lipinski definition) is 2. The summed E-state index contributed by atoms with van der Waals surface area (Å²) >= 11 is 5.87. The lowest BCUT2D eigenvalue weighted by atomic mass is 10.1.